The van der Waals surface area contributed by atoms with Gasteiger partial charge in [-0.1, -0.05) is 0 Å². The second-order valence-corrected chi connectivity index (χ2v) is 4.15. The zero-order valence-corrected chi connectivity index (χ0v) is 9.85. The van der Waals surface area contributed by atoms with Gasteiger partial charge in [-0.15, -0.1) is 0 Å². The van der Waals surface area contributed by atoms with Crippen LogP contribution < -0.4 is 5.73 Å². The van der Waals surface area contributed by atoms with E-state index in [0.717, 1.165) is 15.7 Å². The van der Waals surface area contributed by atoms with Crippen LogP contribution in [0.15, 0.2) is 35.2 Å². The number of pyridine rings is 1. The Hall–Kier alpha value is -1.20. The maximum atomic E-state index is 6.08. The van der Waals surface area contributed by atoms with Crippen LogP contribution in [0, 0.1) is 0 Å². The smallest absolute Gasteiger partial charge is 0.0768 e. The Balaban J connectivity index is 2.36. The normalized spacial score (nSPS) is 12.7. The lowest BCUT2D eigenvalue weighted by atomic mass is 10.1. The summed E-state index contributed by atoms with van der Waals surface area (Å²) in [6.07, 6.45) is 5.38. The fourth-order valence-electron chi connectivity index (χ4n) is 1.39. The van der Waals surface area contributed by atoms with Crippen molar-refractivity contribution in [2.75, 3.05) is 0 Å². The summed E-state index contributed by atoms with van der Waals surface area (Å²) < 4.78 is 2.65. The lowest BCUT2D eigenvalue weighted by Crippen LogP contribution is -2.13. The largest absolute Gasteiger partial charge is 0.319 e. The number of rotatable bonds is 2. The third-order valence-corrected chi connectivity index (χ3v) is 2.84. The predicted octanol–water partition coefficient (Wildman–Crippen LogP) is 1.63. The molecule has 1 atom stereocenters. The van der Waals surface area contributed by atoms with Gasteiger partial charge in [-0.05, 0) is 28.1 Å². The molecule has 15 heavy (non-hydrogen) atoms. The van der Waals surface area contributed by atoms with Crippen molar-refractivity contribution in [2.45, 2.75) is 6.04 Å². The monoisotopic (exact) mass is 266 g/mol. The van der Waals surface area contributed by atoms with Crippen molar-refractivity contribution in [3.8, 4) is 0 Å². The van der Waals surface area contributed by atoms with Gasteiger partial charge in [0, 0.05) is 29.5 Å². The van der Waals surface area contributed by atoms with Crippen LogP contribution in [0.2, 0.25) is 0 Å². The Morgan fingerprint density at radius 2 is 2.33 bits per heavy atom. The molecule has 0 aromatic carbocycles. The van der Waals surface area contributed by atoms with Crippen molar-refractivity contribution in [3.63, 3.8) is 0 Å². The molecule has 2 aromatic heterocycles. The molecule has 5 heteroatoms. The molecule has 0 saturated carbocycles. The number of nitrogens with two attached hydrogens (primary N) is 1. The number of hydrogen-bond donors (Lipinski definition) is 1. The molecule has 0 saturated heterocycles. The molecule has 4 nitrogen and oxygen atoms in total. The topological polar surface area (TPSA) is 56.7 Å². The number of aromatic nitrogens is 3. The van der Waals surface area contributed by atoms with Crippen LogP contribution in [-0.4, -0.2) is 14.8 Å². The van der Waals surface area contributed by atoms with E-state index in [-0.39, 0.29) is 6.04 Å². The van der Waals surface area contributed by atoms with Gasteiger partial charge < -0.3 is 5.73 Å². The van der Waals surface area contributed by atoms with Gasteiger partial charge in [-0.25, -0.2) is 0 Å². The molecule has 0 bridgehead atoms. The van der Waals surface area contributed by atoms with E-state index in [2.05, 4.69) is 26.0 Å². The van der Waals surface area contributed by atoms with E-state index >= 15 is 0 Å². The van der Waals surface area contributed by atoms with E-state index < -0.39 is 0 Å². The second-order valence-electron chi connectivity index (χ2n) is 3.30. The highest BCUT2D eigenvalue weighted by atomic mass is 79.9. The lowest BCUT2D eigenvalue weighted by molar-refractivity contribution is 0.763. The van der Waals surface area contributed by atoms with Crippen molar-refractivity contribution >= 4 is 15.9 Å². The van der Waals surface area contributed by atoms with Crippen LogP contribution in [0.4, 0.5) is 0 Å². The average Bonchev–Trinajstić information content (AvgIpc) is 2.65. The van der Waals surface area contributed by atoms with Crippen LogP contribution in [0.25, 0.3) is 0 Å². The third-order valence-electron chi connectivity index (χ3n) is 2.17. The van der Waals surface area contributed by atoms with Crippen LogP contribution in [0.3, 0.4) is 0 Å². The van der Waals surface area contributed by atoms with Gasteiger partial charge in [0.15, 0.2) is 0 Å². The fourth-order valence-corrected chi connectivity index (χ4v) is 1.89. The maximum Gasteiger partial charge on any atom is 0.0768 e. The highest BCUT2D eigenvalue weighted by molar-refractivity contribution is 9.10. The minimum atomic E-state index is -0.241. The first kappa shape index (κ1) is 10.3. The molecule has 0 amide bonds. The molecule has 78 valence electrons. The molecule has 2 aromatic rings. The minimum Gasteiger partial charge on any atom is -0.319 e. The summed E-state index contributed by atoms with van der Waals surface area (Å²) in [4.78, 5) is 4.25. The predicted molar refractivity (Wildman–Crippen MR) is 61.2 cm³/mol. The molecule has 0 fully saturated rings. The SMILES string of the molecule is Cn1cc(C(N)c2ncccc2Br)cn1. The number of halogens is 1. The second kappa shape index (κ2) is 4.12. The summed E-state index contributed by atoms with van der Waals surface area (Å²) in [7, 11) is 1.86. The van der Waals surface area contributed by atoms with Crippen molar-refractivity contribution in [3.05, 3.63) is 46.5 Å². The summed E-state index contributed by atoms with van der Waals surface area (Å²) >= 11 is 3.43. The summed E-state index contributed by atoms with van der Waals surface area (Å²) in [5.41, 5.74) is 7.86. The highest BCUT2D eigenvalue weighted by Gasteiger charge is 2.14. The fraction of sp³-hybridized carbons (Fsp3) is 0.200. The van der Waals surface area contributed by atoms with E-state index in [9.17, 15) is 0 Å². The standard InChI is InChI=1S/C10H11BrN4/c1-15-6-7(5-14-15)9(12)10-8(11)3-2-4-13-10/h2-6,9H,12H2,1H3. The summed E-state index contributed by atoms with van der Waals surface area (Å²) in [6, 6.07) is 3.55. The molecule has 2 N–H and O–H groups in total. The van der Waals surface area contributed by atoms with Crippen molar-refractivity contribution in [1.82, 2.24) is 14.8 Å². The molecule has 2 rings (SSSR count). The molecule has 0 aliphatic carbocycles. The maximum absolute atomic E-state index is 6.08. The van der Waals surface area contributed by atoms with Crippen LogP contribution in [0.1, 0.15) is 17.3 Å². The van der Waals surface area contributed by atoms with Gasteiger partial charge in [0.05, 0.1) is 17.9 Å². The van der Waals surface area contributed by atoms with Gasteiger partial charge in [0.2, 0.25) is 0 Å². The lowest BCUT2D eigenvalue weighted by Gasteiger charge is -2.10. The zero-order valence-electron chi connectivity index (χ0n) is 8.26. The Morgan fingerprint density at radius 3 is 2.93 bits per heavy atom. The molecule has 0 aliphatic rings. The number of hydrogen-bond acceptors (Lipinski definition) is 3. The quantitative estimate of drug-likeness (QED) is 0.899. The summed E-state index contributed by atoms with van der Waals surface area (Å²) in [5.74, 6) is 0. The molecule has 1 unspecified atom stereocenters. The van der Waals surface area contributed by atoms with Crippen molar-refractivity contribution < 1.29 is 0 Å². The van der Waals surface area contributed by atoms with Gasteiger partial charge in [0.1, 0.15) is 0 Å². The Labute approximate surface area is 96.3 Å². The van der Waals surface area contributed by atoms with Crippen LogP contribution in [0.5, 0.6) is 0 Å². The van der Waals surface area contributed by atoms with E-state index in [1.165, 1.54) is 0 Å². The molecule has 0 radical (unpaired) electrons. The molecule has 2 heterocycles. The van der Waals surface area contributed by atoms with Crippen LogP contribution >= 0.6 is 15.9 Å². The molecular formula is C10H11BrN4. The van der Waals surface area contributed by atoms with Gasteiger partial charge in [-0.2, -0.15) is 5.10 Å². The van der Waals surface area contributed by atoms with E-state index in [0.29, 0.717) is 0 Å². The number of aryl methyl sites for hydroxylation is 1. The van der Waals surface area contributed by atoms with Gasteiger partial charge >= 0.3 is 0 Å². The molecule has 0 aliphatic heterocycles. The van der Waals surface area contributed by atoms with Crippen molar-refractivity contribution in [1.29, 1.82) is 0 Å². The molecule has 0 spiro atoms. The van der Waals surface area contributed by atoms with E-state index in [1.807, 2.05) is 25.4 Å². The van der Waals surface area contributed by atoms with Gasteiger partial charge in [-0.3, -0.25) is 9.67 Å². The first-order chi connectivity index (χ1) is 7.18. The van der Waals surface area contributed by atoms with E-state index in [1.54, 1.807) is 17.1 Å². The summed E-state index contributed by atoms with van der Waals surface area (Å²) in [5, 5.41) is 4.09. The Bertz CT molecular complexity index is 466. The van der Waals surface area contributed by atoms with Gasteiger partial charge in [0.25, 0.3) is 0 Å². The van der Waals surface area contributed by atoms with E-state index in [4.69, 9.17) is 5.73 Å². The Morgan fingerprint density at radius 1 is 1.53 bits per heavy atom. The minimum absolute atomic E-state index is 0.241. The zero-order chi connectivity index (χ0) is 10.8. The first-order valence-electron chi connectivity index (χ1n) is 4.53. The molecular weight excluding hydrogens is 256 g/mol. The number of nitrogens with zero attached hydrogens (tertiary/aromatic N) is 3. The highest BCUT2D eigenvalue weighted by Crippen LogP contribution is 2.23. The Kier molecular flexibility index (Phi) is 2.83. The summed E-state index contributed by atoms with van der Waals surface area (Å²) in [6.45, 7) is 0. The average molecular weight is 267 g/mol. The van der Waals surface area contributed by atoms with Crippen LogP contribution in [-0.2, 0) is 7.05 Å². The first-order valence-corrected chi connectivity index (χ1v) is 5.32. The third kappa shape index (κ3) is 2.08. The van der Waals surface area contributed by atoms with Crippen molar-refractivity contribution in [2.24, 2.45) is 12.8 Å².